The van der Waals surface area contributed by atoms with Crippen LogP contribution in [0, 0.1) is 5.92 Å². The van der Waals surface area contributed by atoms with Crippen molar-refractivity contribution in [1.29, 1.82) is 0 Å². The molecule has 0 aliphatic rings. The number of hydrogen-bond donors (Lipinski definition) is 3. The van der Waals surface area contributed by atoms with Gasteiger partial charge in [-0.25, -0.2) is 4.98 Å². The molecule has 0 spiro atoms. The summed E-state index contributed by atoms with van der Waals surface area (Å²) < 4.78 is 0. The first-order valence-electron chi connectivity index (χ1n) is 9.08. The summed E-state index contributed by atoms with van der Waals surface area (Å²) >= 11 is 0. The van der Waals surface area contributed by atoms with Crippen LogP contribution in [-0.4, -0.2) is 27.8 Å². The van der Waals surface area contributed by atoms with Gasteiger partial charge in [0.1, 0.15) is 6.04 Å². The van der Waals surface area contributed by atoms with Gasteiger partial charge >= 0.3 is 0 Å². The van der Waals surface area contributed by atoms with Gasteiger partial charge in [0.05, 0.1) is 6.33 Å². The predicted octanol–water partition coefficient (Wildman–Crippen LogP) is 3.28. The number of carbonyl (C=O) groups is 2. The van der Waals surface area contributed by atoms with E-state index < -0.39 is 6.04 Å². The minimum absolute atomic E-state index is 0.136. The van der Waals surface area contributed by atoms with Gasteiger partial charge in [0, 0.05) is 35.8 Å². The van der Waals surface area contributed by atoms with Gasteiger partial charge < -0.3 is 15.6 Å². The fraction of sp³-hybridized carbons (Fsp3) is 0.286. The highest BCUT2D eigenvalue weighted by molar-refractivity contribution is 6.04. The second-order valence-electron chi connectivity index (χ2n) is 7.02. The van der Waals surface area contributed by atoms with E-state index in [1.807, 2.05) is 56.3 Å². The number of H-pyrrole nitrogens is 1. The number of aromatic nitrogens is 2. The van der Waals surface area contributed by atoms with E-state index in [0.717, 1.165) is 22.2 Å². The van der Waals surface area contributed by atoms with Gasteiger partial charge in [0.15, 0.2) is 0 Å². The number of carbonyl (C=O) groups excluding carboxylic acids is 2. The Labute approximate surface area is 158 Å². The summed E-state index contributed by atoms with van der Waals surface area (Å²) in [5, 5.41) is 7.83. The topological polar surface area (TPSA) is 86.9 Å². The second-order valence-corrected chi connectivity index (χ2v) is 7.02. The van der Waals surface area contributed by atoms with Gasteiger partial charge in [0.2, 0.25) is 11.8 Å². The fourth-order valence-corrected chi connectivity index (χ4v) is 3.00. The normalized spacial score (nSPS) is 12.1. The van der Waals surface area contributed by atoms with Crippen LogP contribution in [-0.2, 0) is 16.0 Å². The molecule has 3 N–H and O–H groups in total. The summed E-state index contributed by atoms with van der Waals surface area (Å²) in [6.45, 7) is 3.94. The molecule has 0 radical (unpaired) electrons. The van der Waals surface area contributed by atoms with Crippen molar-refractivity contribution in [3.63, 3.8) is 0 Å². The van der Waals surface area contributed by atoms with E-state index in [2.05, 4.69) is 20.6 Å². The van der Waals surface area contributed by atoms with Gasteiger partial charge in [-0.15, -0.1) is 0 Å². The SMILES string of the molecule is CC(C)CC(=O)NC(Cc1cnc[nH]1)C(=O)Nc1cccc2ccccc12. The van der Waals surface area contributed by atoms with Crippen LogP contribution in [0.1, 0.15) is 26.0 Å². The van der Waals surface area contributed by atoms with Crippen LogP contribution in [0.5, 0.6) is 0 Å². The molecule has 0 saturated carbocycles. The molecule has 1 aromatic heterocycles. The number of imidazole rings is 1. The lowest BCUT2D eigenvalue weighted by atomic mass is 10.1. The van der Waals surface area contributed by atoms with E-state index in [9.17, 15) is 9.59 Å². The summed E-state index contributed by atoms with van der Waals surface area (Å²) in [6.07, 6.45) is 3.94. The quantitative estimate of drug-likeness (QED) is 0.601. The van der Waals surface area contributed by atoms with Gasteiger partial charge in [-0.05, 0) is 17.4 Å². The van der Waals surface area contributed by atoms with E-state index in [1.165, 1.54) is 0 Å². The zero-order valence-electron chi connectivity index (χ0n) is 15.5. The molecule has 2 aromatic carbocycles. The number of nitrogens with zero attached hydrogens (tertiary/aromatic N) is 1. The Bertz CT molecular complexity index is 914. The number of fused-ring (bicyclic) bond motifs is 1. The van der Waals surface area contributed by atoms with E-state index in [0.29, 0.717) is 12.8 Å². The minimum Gasteiger partial charge on any atom is -0.348 e. The van der Waals surface area contributed by atoms with Crippen molar-refractivity contribution in [2.24, 2.45) is 5.92 Å². The molecule has 1 atom stereocenters. The maximum atomic E-state index is 12.9. The van der Waals surface area contributed by atoms with Crippen LogP contribution in [0.3, 0.4) is 0 Å². The Morgan fingerprint density at radius 3 is 2.63 bits per heavy atom. The predicted molar refractivity (Wildman–Crippen MR) is 106 cm³/mol. The molecule has 1 heterocycles. The second kappa shape index (κ2) is 8.49. The van der Waals surface area contributed by atoms with Gasteiger partial charge in [-0.3, -0.25) is 9.59 Å². The van der Waals surface area contributed by atoms with Crippen LogP contribution < -0.4 is 10.6 Å². The number of aromatic amines is 1. The molecular weight excluding hydrogens is 340 g/mol. The molecule has 27 heavy (non-hydrogen) atoms. The molecule has 0 saturated heterocycles. The monoisotopic (exact) mass is 364 g/mol. The van der Waals surface area contributed by atoms with E-state index in [1.54, 1.807) is 12.5 Å². The van der Waals surface area contributed by atoms with E-state index in [4.69, 9.17) is 0 Å². The van der Waals surface area contributed by atoms with Crippen molar-refractivity contribution >= 4 is 28.3 Å². The molecule has 2 amide bonds. The maximum absolute atomic E-state index is 12.9. The first-order chi connectivity index (χ1) is 13.0. The molecule has 1 unspecified atom stereocenters. The van der Waals surface area contributed by atoms with Crippen molar-refractivity contribution < 1.29 is 9.59 Å². The molecule has 6 nitrogen and oxygen atoms in total. The third kappa shape index (κ3) is 4.94. The average molecular weight is 364 g/mol. The van der Waals surface area contributed by atoms with Crippen molar-refractivity contribution in [1.82, 2.24) is 15.3 Å². The lowest BCUT2D eigenvalue weighted by Crippen LogP contribution is -2.45. The van der Waals surface area contributed by atoms with Crippen molar-refractivity contribution in [2.75, 3.05) is 5.32 Å². The van der Waals surface area contributed by atoms with Gasteiger partial charge in [-0.1, -0.05) is 50.2 Å². The number of rotatable bonds is 7. The van der Waals surface area contributed by atoms with Crippen LogP contribution in [0.2, 0.25) is 0 Å². The molecule has 0 bridgehead atoms. The van der Waals surface area contributed by atoms with Crippen molar-refractivity contribution in [3.05, 3.63) is 60.7 Å². The summed E-state index contributed by atoms with van der Waals surface area (Å²) in [7, 11) is 0. The van der Waals surface area contributed by atoms with Crippen LogP contribution in [0.25, 0.3) is 10.8 Å². The van der Waals surface area contributed by atoms with Crippen molar-refractivity contribution in [3.8, 4) is 0 Å². The highest BCUT2D eigenvalue weighted by Gasteiger charge is 2.23. The largest absolute Gasteiger partial charge is 0.348 e. The third-order valence-electron chi connectivity index (χ3n) is 4.27. The molecule has 0 fully saturated rings. The molecule has 6 heteroatoms. The summed E-state index contributed by atoms with van der Waals surface area (Å²) in [4.78, 5) is 32.2. The Morgan fingerprint density at radius 2 is 1.89 bits per heavy atom. The first-order valence-corrected chi connectivity index (χ1v) is 9.08. The molecular formula is C21H24N4O2. The van der Waals surface area contributed by atoms with Gasteiger partial charge in [-0.2, -0.15) is 0 Å². The number of anilines is 1. The summed E-state index contributed by atoms with van der Waals surface area (Å²) in [6, 6.07) is 12.9. The lowest BCUT2D eigenvalue weighted by molar-refractivity contribution is -0.127. The average Bonchev–Trinajstić information content (AvgIpc) is 3.14. The smallest absolute Gasteiger partial charge is 0.247 e. The molecule has 3 aromatic rings. The lowest BCUT2D eigenvalue weighted by Gasteiger charge is -2.19. The Kier molecular flexibility index (Phi) is 5.86. The zero-order chi connectivity index (χ0) is 19.2. The highest BCUT2D eigenvalue weighted by atomic mass is 16.2. The Hall–Kier alpha value is -3.15. The van der Waals surface area contributed by atoms with E-state index in [-0.39, 0.29) is 17.7 Å². The first kappa shape index (κ1) is 18.6. The van der Waals surface area contributed by atoms with Crippen LogP contribution >= 0.6 is 0 Å². The van der Waals surface area contributed by atoms with Crippen LogP contribution in [0.15, 0.2) is 55.0 Å². The molecule has 0 aliphatic heterocycles. The Morgan fingerprint density at radius 1 is 1.11 bits per heavy atom. The highest BCUT2D eigenvalue weighted by Crippen LogP contribution is 2.23. The molecule has 0 aliphatic carbocycles. The third-order valence-corrected chi connectivity index (χ3v) is 4.27. The zero-order valence-corrected chi connectivity index (χ0v) is 15.5. The number of nitrogens with one attached hydrogen (secondary N) is 3. The summed E-state index contributed by atoms with van der Waals surface area (Å²) in [5.74, 6) is -0.167. The van der Waals surface area contributed by atoms with Crippen LogP contribution in [0.4, 0.5) is 5.69 Å². The van der Waals surface area contributed by atoms with Gasteiger partial charge in [0.25, 0.3) is 0 Å². The maximum Gasteiger partial charge on any atom is 0.247 e. The summed E-state index contributed by atoms with van der Waals surface area (Å²) in [5.41, 5.74) is 1.52. The number of benzene rings is 2. The van der Waals surface area contributed by atoms with E-state index >= 15 is 0 Å². The fourth-order valence-electron chi connectivity index (χ4n) is 3.00. The molecule has 3 rings (SSSR count). The standard InChI is InChI=1S/C21H24N4O2/c1-14(2)10-20(26)24-19(11-16-12-22-13-23-16)21(27)25-18-9-5-7-15-6-3-4-8-17(15)18/h3-9,12-14,19H,10-11H2,1-2H3,(H,22,23)(H,24,26)(H,25,27). The number of amides is 2. The Balaban J connectivity index is 1.79. The van der Waals surface area contributed by atoms with Crippen molar-refractivity contribution in [2.45, 2.75) is 32.7 Å². The molecule has 140 valence electrons. The number of hydrogen-bond acceptors (Lipinski definition) is 3. The minimum atomic E-state index is -0.685.